The molecule has 4 nitrogen and oxygen atoms in total. The molecule has 1 aromatic carbocycles. The predicted octanol–water partition coefficient (Wildman–Crippen LogP) is 1.37. The van der Waals surface area contributed by atoms with E-state index in [1.807, 2.05) is 14.1 Å². The number of nitrogen functional groups attached to an aromatic ring is 1. The Labute approximate surface area is 109 Å². The van der Waals surface area contributed by atoms with E-state index in [0.29, 0.717) is 17.8 Å². The summed E-state index contributed by atoms with van der Waals surface area (Å²) in [6.07, 6.45) is 0.952. The Morgan fingerprint density at radius 2 is 1.88 bits per heavy atom. The van der Waals surface area contributed by atoms with Gasteiger partial charge in [0.1, 0.15) is 0 Å². The van der Waals surface area contributed by atoms with Crippen molar-refractivity contribution in [1.82, 2.24) is 10.2 Å². The van der Waals surface area contributed by atoms with Crippen molar-refractivity contribution in [3.8, 4) is 0 Å². The number of carbonyl (C=O) groups excluding carboxylic acids is 1. The lowest BCUT2D eigenvalue weighted by atomic mass is 10.2. The summed E-state index contributed by atoms with van der Waals surface area (Å²) >= 11 is 0. The Morgan fingerprint density at radius 1 is 1.29 bits per heavy atom. The van der Waals surface area contributed by atoms with Gasteiger partial charge in [0.2, 0.25) is 0 Å². The van der Waals surface area contributed by atoms with Crippen LogP contribution in [0.1, 0.15) is 16.8 Å². The molecule has 1 rings (SSSR count). The Hall–Kier alpha value is -1.26. The number of nitrogens with zero attached hydrogens (tertiary/aromatic N) is 1. The van der Waals surface area contributed by atoms with Crippen molar-refractivity contribution in [1.29, 1.82) is 0 Å². The number of benzene rings is 1. The molecule has 0 unspecified atom stereocenters. The molecule has 0 aromatic heterocycles. The van der Waals surface area contributed by atoms with E-state index < -0.39 is 0 Å². The zero-order valence-electron chi connectivity index (χ0n) is 10.3. The molecule has 0 aliphatic rings. The third-order valence-corrected chi connectivity index (χ3v) is 2.24. The summed E-state index contributed by atoms with van der Waals surface area (Å²) in [6.45, 7) is 1.67. The number of halogens is 1. The third-order valence-electron chi connectivity index (χ3n) is 2.24. The molecule has 0 saturated carbocycles. The van der Waals surface area contributed by atoms with Gasteiger partial charge in [-0.05, 0) is 51.3 Å². The number of anilines is 1. The van der Waals surface area contributed by atoms with Crippen LogP contribution < -0.4 is 11.1 Å². The van der Waals surface area contributed by atoms with Crippen molar-refractivity contribution < 1.29 is 4.79 Å². The molecule has 0 fully saturated rings. The van der Waals surface area contributed by atoms with Crippen LogP contribution in [0, 0.1) is 0 Å². The van der Waals surface area contributed by atoms with E-state index in [1.54, 1.807) is 24.3 Å². The zero-order valence-corrected chi connectivity index (χ0v) is 11.1. The van der Waals surface area contributed by atoms with E-state index in [4.69, 9.17) is 5.73 Å². The largest absolute Gasteiger partial charge is 0.399 e. The molecule has 0 radical (unpaired) electrons. The minimum Gasteiger partial charge on any atom is -0.399 e. The lowest BCUT2D eigenvalue weighted by molar-refractivity contribution is 0.0952. The van der Waals surface area contributed by atoms with Crippen LogP contribution in [0.3, 0.4) is 0 Å². The van der Waals surface area contributed by atoms with E-state index in [-0.39, 0.29) is 18.3 Å². The Bertz CT molecular complexity index is 338. The first kappa shape index (κ1) is 15.7. The van der Waals surface area contributed by atoms with Gasteiger partial charge in [0.25, 0.3) is 5.91 Å². The van der Waals surface area contributed by atoms with Gasteiger partial charge in [0, 0.05) is 17.8 Å². The summed E-state index contributed by atoms with van der Waals surface area (Å²) in [7, 11) is 4.03. The number of carbonyl (C=O) groups is 1. The van der Waals surface area contributed by atoms with Gasteiger partial charge in [0.05, 0.1) is 0 Å². The highest BCUT2D eigenvalue weighted by Gasteiger charge is 2.03. The molecule has 96 valence electrons. The van der Waals surface area contributed by atoms with Crippen LogP contribution in [-0.2, 0) is 0 Å². The standard InChI is InChI=1S/C12H19N3O.ClH/c1-15(2)9-3-8-14-12(16)10-4-6-11(13)7-5-10;/h4-7H,3,8-9,13H2,1-2H3,(H,14,16);1H. The first-order chi connectivity index (χ1) is 7.59. The van der Waals surface area contributed by atoms with Crippen molar-refractivity contribution in [3.05, 3.63) is 29.8 Å². The van der Waals surface area contributed by atoms with Crippen LogP contribution in [0.4, 0.5) is 5.69 Å². The van der Waals surface area contributed by atoms with Gasteiger partial charge in [0.15, 0.2) is 0 Å². The monoisotopic (exact) mass is 257 g/mol. The molecule has 0 spiro atoms. The number of rotatable bonds is 5. The SMILES string of the molecule is CN(C)CCCNC(=O)c1ccc(N)cc1.Cl. The topological polar surface area (TPSA) is 58.4 Å². The Balaban J connectivity index is 0.00000256. The zero-order chi connectivity index (χ0) is 12.0. The maximum Gasteiger partial charge on any atom is 0.251 e. The smallest absolute Gasteiger partial charge is 0.251 e. The molecule has 0 aliphatic carbocycles. The highest BCUT2D eigenvalue weighted by atomic mass is 35.5. The summed E-state index contributed by atoms with van der Waals surface area (Å²) < 4.78 is 0. The second-order valence-corrected chi connectivity index (χ2v) is 4.03. The van der Waals surface area contributed by atoms with Gasteiger partial charge in [-0.25, -0.2) is 0 Å². The van der Waals surface area contributed by atoms with Crippen molar-refractivity contribution >= 4 is 24.0 Å². The first-order valence-corrected chi connectivity index (χ1v) is 5.38. The van der Waals surface area contributed by atoms with Gasteiger partial charge in [-0.1, -0.05) is 0 Å². The predicted molar refractivity (Wildman–Crippen MR) is 73.6 cm³/mol. The highest BCUT2D eigenvalue weighted by Crippen LogP contribution is 2.04. The number of hydrogen-bond donors (Lipinski definition) is 2. The van der Waals surface area contributed by atoms with E-state index in [2.05, 4.69) is 10.2 Å². The van der Waals surface area contributed by atoms with Gasteiger partial charge in [-0.3, -0.25) is 4.79 Å². The van der Waals surface area contributed by atoms with E-state index in [9.17, 15) is 4.79 Å². The molecule has 17 heavy (non-hydrogen) atoms. The van der Waals surface area contributed by atoms with Crippen LogP contribution in [0.5, 0.6) is 0 Å². The first-order valence-electron chi connectivity index (χ1n) is 5.38. The van der Waals surface area contributed by atoms with E-state index >= 15 is 0 Å². The molecular weight excluding hydrogens is 238 g/mol. The second kappa shape index (κ2) is 7.92. The minimum absolute atomic E-state index is 0. The molecule has 3 N–H and O–H groups in total. The van der Waals surface area contributed by atoms with Crippen LogP contribution >= 0.6 is 12.4 Å². The van der Waals surface area contributed by atoms with E-state index in [1.165, 1.54) is 0 Å². The molecule has 0 bridgehead atoms. The molecule has 1 amide bonds. The maximum atomic E-state index is 11.6. The number of hydrogen-bond acceptors (Lipinski definition) is 3. The minimum atomic E-state index is -0.0428. The van der Waals surface area contributed by atoms with Crippen LogP contribution in [0.15, 0.2) is 24.3 Å². The van der Waals surface area contributed by atoms with Crippen LogP contribution in [-0.4, -0.2) is 38.0 Å². The lowest BCUT2D eigenvalue weighted by Crippen LogP contribution is -2.27. The molecule has 1 aromatic rings. The maximum absolute atomic E-state index is 11.6. The molecule has 0 atom stereocenters. The van der Waals surface area contributed by atoms with Crippen molar-refractivity contribution in [3.63, 3.8) is 0 Å². The number of nitrogens with one attached hydrogen (secondary N) is 1. The number of nitrogens with two attached hydrogens (primary N) is 1. The molecule has 5 heteroatoms. The highest BCUT2D eigenvalue weighted by molar-refractivity contribution is 5.94. The van der Waals surface area contributed by atoms with Gasteiger partial charge in [-0.15, -0.1) is 12.4 Å². The Kier molecular flexibility index (Phi) is 7.34. The quantitative estimate of drug-likeness (QED) is 0.619. The van der Waals surface area contributed by atoms with Crippen LogP contribution in [0.25, 0.3) is 0 Å². The lowest BCUT2D eigenvalue weighted by Gasteiger charge is -2.09. The van der Waals surface area contributed by atoms with Crippen LogP contribution in [0.2, 0.25) is 0 Å². The molecule has 0 saturated heterocycles. The fraction of sp³-hybridized carbons (Fsp3) is 0.417. The summed E-state index contributed by atoms with van der Waals surface area (Å²) in [5.41, 5.74) is 6.87. The fourth-order valence-corrected chi connectivity index (χ4v) is 1.33. The summed E-state index contributed by atoms with van der Waals surface area (Å²) in [5, 5.41) is 2.87. The van der Waals surface area contributed by atoms with Gasteiger partial charge < -0.3 is 16.0 Å². The Morgan fingerprint density at radius 3 is 2.41 bits per heavy atom. The van der Waals surface area contributed by atoms with E-state index in [0.717, 1.165) is 13.0 Å². The van der Waals surface area contributed by atoms with Crippen molar-refractivity contribution in [2.45, 2.75) is 6.42 Å². The van der Waals surface area contributed by atoms with Crippen molar-refractivity contribution in [2.24, 2.45) is 0 Å². The molecule has 0 aliphatic heterocycles. The normalized spacial score (nSPS) is 9.82. The second-order valence-electron chi connectivity index (χ2n) is 4.03. The molecule has 0 heterocycles. The van der Waals surface area contributed by atoms with Crippen molar-refractivity contribution in [2.75, 3.05) is 32.9 Å². The third kappa shape index (κ3) is 6.14. The van der Waals surface area contributed by atoms with Gasteiger partial charge >= 0.3 is 0 Å². The summed E-state index contributed by atoms with van der Waals surface area (Å²) in [6, 6.07) is 6.93. The van der Waals surface area contributed by atoms with Gasteiger partial charge in [-0.2, -0.15) is 0 Å². The average molecular weight is 258 g/mol. The molecular formula is C12H20ClN3O. The fourth-order valence-electron chi connectivity index (χ4n) is 1.33. The number of amides is 1. The average Bonchev–Trinajstić information content (AvgIpc) is 2.25. The summed E-state index contributed by atoms with van der Waals surface area (Å²) in [4.78, 5) is 13.7. The summed E-state index contributed by atoms with van der Waals surface area (Å²) in [5.74, 6) is -0.0428.